The Hall–Kier alpha value is -0.940. The second-order valence-electron chi connectivity index (χ2n) is 2.71. The maximum Gasteiger partial charge on any atom is 0.264 e. The molecule has 0 unspecified atom stereocenters. The Morgan fingerprint density at radius 3 is 2.69 bits per heavy atom. The molecule has 1 heterocycles. The first-order valence-corrected chi connectivity index (χ1v) is 5.54. The van der Waals surface area contributed by atoms with Crippen molar-refractivity contribution in [2.24, 2.45) is 0 Å². The standard InChI is InChI=1S/C8H11NO3S/c10-13(11,12)7-3-5-8-4-1-2-6-9-8/h1-2,4,6H,3,5,7H2,(H,10,11,12). The molecule has 0 spiro atoms. The molecule has 0 saturated heterocycles. The second-order valence-corrected chi connectivity index (χ2v) is 4.28. The molecule has 0 atom stereocenters. The predicted octanol–water partition coefficient (Wildman–Crippen LogP) is 0.902. The Morgan fingerprint density at radius 1 is 1.38 bits per heavy atom. The van der Waals surface area contributed by atoms with Crippen LogP contribution in [0.2, 0.25) is 0 Å². The van der Waals surface area contributed by atoms with E-state index in [9.17, 15) is 8.42 Å². The summed E-state index contributed by atoms with van der Waals surface area (Å²) in [7, 11) is -3.82. The van der Waals surface area contributed by atoms with E-state index in [0.717, 1.165) is 5.69 Å². The average molecular weight is 201 g/mol. The third kappa shape index (κ3) is 4.59. The maximum absolute atomic E-state index is 10.4. The van der Waals surface area contributed by atoms with Crippen LogP contribution in [0.25, 0.3) is 0 Å². The first kappa shape index (κ1) is 10.1. The molecule has 0 amide bonds. The van der Waals surface area contributed by atoms with E-state index >= 15 is 0 Å². The van der Waals surface area contributed by atoms with Crippen LogP contribution in [-0.2, 0) is 16.5 Å². The zero-order valence-corrected chi connectivity index (χ0v) is 7.87. The molecule has 0 bridgehead atoms. The van der Waals surface area contributed by atoms with Crippen LogP contribution in [-0.4, -0.2) is 23.7 Å². The van der Waals surface area contributed by atoms with Crippen molar-refractivity contribution in [3.8, 4) is 0 Å². The number of pyridine rings is 1. The molecule has 72 valence electrons. The van der Waals surface area contributed by atoms with Crippen LogP contribution < -0.4 is 0 Å². The molecule has 4 nitrogen and oxygen atoms in total. The fourth-order valence-electron chi connectivity index (χ4n) is 0.982. The van der Waals surface area contributed by atoms with Crippen LogP contribution in [0, 0.1) is 0 Å². The fraction of sp³-hybridized carbons (Fsp3) is 0.375. The van der Waals surface area contributed by atoms with Crippen LogP contribution in [0.1, 0.15) is 12.1 Å². The number of aryl methyl sites for hydroxylation is 1. The van der Waals surface area contributed by atoms with Crippen LogP contribution in [0.4, 0.5) is 0 Å². The van der Waals surface area contributed by atoms with Crippen LogP contribution in [0.5, 0.6) is 0 Å². The molecular formula is C8H11NO3S. The van der Waals surface area contributed by atoms with E-state index in [4.69, 9.17) is 4.55 Å². The highest BCUT2D eigenvalue weighted by Gasteiger charge is 2.03. The molecule has 0 fully saturated rings. The Labute approximate surface area is 77.4 Å². The Bertz CT molecular complexity index is 347. The predicted molar refractivity (Wildman–Crippen MR) is 49.0 cm³/mol. The smallest absolute Gasteiger partial charge is 0.264 e. The molecule has 0 aromatic carbocycles. The zero-order valence-electron chi connectivity index (χ0n) is 7.05. The van der Waals surface area contributed by atoms with Gasteiger partial charge in [0.25, 0.3) is 10.1 Å². The minimum absolute atomic E-state index is 0.205. The Balaban J connectivity index is 2.37. The van der Waals surface area contributed by atoms with Gasteiger partial charge in [-0.1, -0.05) is 6.07 Å². The molecule has 1 N–H and O–H groups in total. The molecule has 5 heteroatoms. The quantitative estimate of drug-likeness (QED) is 0.735. The summed E-state index contributed by atoms with van der Waals surface area (Å²) in [6.07, 6.45) is 2.62. The number of nitrogens with zero attached hydrogens (tertiary/aromatic N) is 1. The lowest BCUT2D eigenvalue weighted by Crippen LogP contribution is -2.05. The van der Waals surface area contributed by atoms with E-state index in [2.05, 4.69) is 4.98 Å². The zero-order chi connectivity index (χ0) is 9.73. The highest BCUT2D eigenvalue weighted by atomic mass is 32.2. The topological polar surface area (TPSA) is 67.3 Å². The van der Waals surface area contributed by atoms with Crippen molar-refractivity contribution in [3.63, 3.8) is 0 Å². The third-order valence-electron chi connectivity index (χ3n) is 1.56. The van der Waals surface area contributed by atoms with Gasteiger partial charge in [-0.25, -0.2) is 0 Å². The molecule has 0 radical (unpaired) electrons. The summed E-state index contributed by atoms with van der Waals surface area (Å²) >= 11 is 0. The number of rotatable bonds is 4. The molecule has 1 aromatic heterocycles. The van der Waals surface area contributed by atoms with Gasteiger partial charge in [-0.2, -0.15) is 8.42 Å². The van der Waals surface area contributed by atoms with Crippen molar-refractivity contribution in [3.05, 3.63) is 30.1 Å². The lowest BCUT2D eigenvalue weighted by atomic mass is 10.2. The molecule has 0 saturated carbocycles. The normalized spacial score (nSPS) is 11.5. The lowest BCUT2D eigenvalue weighted by Gasteiger charge is -1.97. The highest BCUT2D eigenvalue weighted by molar-refractivity contribution is 7.85. The van der Waals surface area contributed by atoms with Gasteiger partial charge < -0.3 is 0 Å². The SMILES string of the molecule is O=S(=O)(O)CCCc1ccccn1. The van der Waals surface area contributed by atoms with Crippen LogP contribution in [0.15, 0.2) is 24.4 Å². The van der Waals surface area contributed by atoms with Crippen molar-refractivity contribution >= 4 is 10.1 Å². The minimum Gasteiger partial charge on any atom is -0.286 e. The van der Waals surface area contributed by atoms with E-state index in [0.29, 0.717) is 12.8 Å². The summed E-state index contributed by atoms with van der Waals surface area (Å²) in [6.45, 7) is 0. The van der Waals surface area contributed by atoms with E-state index in [1.54, 1.807) is 12.3 Å². The van der Waals surface area contributed by atoms with Gasteiger partial charge >= 0.3 is 0 Å². The van der Waals surface area contributed by atoms with Crippen LogP contribution >= 0.6 is 0 Å². The summed E-state index contributed by atoms with van der Waals surface area (Å²) in [6, 6.07) is 5.46. The van der Waals surface area contributed by atoms with Gasteiger partial charge in [-0.3, -0.25) is 9.54 Å². The Morgan fingerprint density at radius 2 is 2.15 bits per heavy atom. The number of hydrogen-bond donors (Lipinski definition) is 1. The molecule has 0 aliphatic heterocycles. The number of hydrogen-bond acceptors (Lipinski definition) is 3. The van der Waals surface area contributed by atoms with Crippen molar-refractivity contribution in [2.45, 2.75) is 12.8 Å². The molecular weight excluding hydrogens is 190 g/mol. The highest BCUT2D eigenvalue weighted by Crippen LogP contribution is 1.99. The largest absolute Gasteiger partial charge is 0.286 e. The molecule has 0 aliphatic carbocycles. The number of aromatic nitrogens is 1. The average Bonchev–Trinajstić information content (AvgIpc) is 2.04. The van der Waals surface area contributed by atoms with E-state index in [-0.39, 0.29) is 5.75 Å². The van der Waals surface area contributed by atoms with Gasteiger partial charge in [0.1, 0.15) is 0 Å². The summed E-state index contributed by atoms with van der Waals surface area (Å²) < 4.78 is 29.2. The van der Waals surface area contributed by atoms with E-state index in [1.807, 2.05) is 12.1 Å². The maximum atomic E-state index is 10.4. The fourth-order valence-corrected chi connectivity index (χ4v) is 1.49. The molecule has 1 rings (SSSR count). The van der Waals surface area contributed by atoms with Crippen molar-refractivity contribution in [1.82, 2.24) is 4.98 Å². The van der Waals surface area contributed by atoms with Gasteiger partial charge in [0.2, 0.25) is 0 Å². The summed E-state index contributed by atoms with van der Waals surface area (Å²) in [5.41, 5.74) is 0.839. The van der Waals surface area contributed by atoms with Crippen molar-refractivity contribution in [1.29, 1.82) is 0 Å². The third-order valence-corrected chi connectivity index (χ3v) is 2.37. The summed E-state index contributed by atoms with van der Waals surface area (Å²) in [4.78, 5) is 4.02. The monoisotopic (exact) mass is 201 g/mol. The first-order valence-electron chi connectivity index (χ1n) is 3.93. The van der Waals surface area contributed by atoms with Crippen LogP contribution in [0.3, 0.4) is 0 Å². The van der Waals surface area contributed by atoms with Crippen molar-refractivity contribution < 1.29 is 13.0 Å². The first-order chi connectivity index (χ1) is 6.08. The van der Waals surface area contributed by atoms with Gasteiger partial charge in [0, 0.05) is 11.9 Å². The van der Waals surface area contributed by atoms with Gasteiger partial charge in [-0.05, 0) is 25.0 Å². The Kier molecular flexibility index (Phi) is 3.39. The van der Waals surface area contributed by atoms with Gasteiger partial charge in [0.05, 0.1) is 5.75 Å². The molecule has 0 aliphatic rings. The molecule has 1 aromatic rings. The molecule has 13 heavy (non-hydrogen) atoms. The van der Waals surface area contributed by atoms with E-state index < -0.39 is 10.1 Å². The van der Waals surface area contributed by atoms with Crippen molar-refractivity contribution in [2.75, 3.05) is 5.75 Å². The van der Waals surface area contributed by atoms with E-state index in [1.165, 1.54) is 0 Å². The second kappa shape index (κ2) is 4.34. The van der Waals surface area contributed by atoms with Gasteiger partial charge in [0.15, 0.2) is 0 Å². The lowest BCUT2D eigenvalue weighted by molar-refractivity contribution is 0.481. The van der Waals surface area contributed by atoms with Gasteiger partial charge in [-0.15, -0.1) is 0 Å². The summed E-state index contributed by atoms with van der Waals surface area (Å²) in [5.74, 6) is -0.205. The minimum atomic E-state index is -3.82. The summed E-state index contributed by atoms with van der Waals surface area (Å²) in [5, 5.41) is 0.